The first-order chi connectivity index (χ1) is 30.3. The summed E-state index contributed by atoms with van der Waals surface area (Å²) in [7, 11) is 0. The fourth-order valence-electron chi connectivity index (χ4n) is 11.6. The molecule has 0 N–H and O–H groups in total. The molecule has 1 heteroatoms. The van der Waals surface area contributed by atoms with Crippen LogP contribution in [-0.4, -0.2) is 0 Å². The van der Waals surface area contributed by atoms with Gasteiger partial charge in [0.2, 0.25) is 0 Å². The third kappa shape index (κ3) is 5.03. The minimum Gasteiger partial charge on any atom is -0.310 e. The van der Waals surface area contributed by atoms with Crippen LogP contribution in [0.25, 0.3) is 44.5 Å². The predicted octanol–water partition coefficient (Wildman–Crippen LogP) is 15.8. The predicted molar refractivity (Wildman–Crippen MR) is 259 cm³/mol. The first-order valence-corrected chi connectivity index (χ1v) is 22.0. The summed E-state index contributed by atoms with van der Waals surface area (Å²) in [6, 6.07) is 79.7. The topological polar surface area (TPSA) is 3.24 Å². The highest BCUT2D eigenvalue weighted by Gasteiger charge is 2.47. The van der Waals surface area contributed by atoms with Crippen LogP contribution < -0.4 is 4.90 Å². The molecule has 3 aliphatic rings. The zero-order valence-corrected chi connectivity index (χ0v) is 35.7. The van der Waals surface area contributed by atoms with Crippen molar-refractivity contribution in [2.24, 2.45) is 0 Å². The van der Waals surface area contributed by atoms with Crippen molar-refractivity contribution in [3.63, 3.8) is 0 Å². The van der Waals surface area contributed by atoms with Gasteiger partial charge in [0.1, 0.15) is 0 Å². The molecule has 0 aliphatic heterocycles. The van der Waals surface area contributed by atoms with Gasteiger partial charge in [-0.15, -0.1) is 0 Å². The molecule has 0 saturated heterocycles. The van der Waals surface area contributed by atoms with Gasteiger partial charge in [0.15, 0.2) is 0 Å². The quantitative estimate of drug-likeness (QED) is 0.162. The Morgan fingerprint density at radius 1 is 0.306 bits per heavy atom. The Morgan fingerprint density at radius 2 is 0.790 bits per heavy atom. The number of benzene rings is 9. The summed E-state index contributed by atoms with van der Waals surface area (Å²) in [6.45, 7) is 9.45. The number of hydrogen-bond donors (Lipinski definition) is 0. The fourth-order valence-corrected chi connectivity index (χ4v) is 11.6. The molecule has 296 valence electrons. The Kier molecular flexibility index (Phi) is 7.91. The summed E-state index contributed by atoms with van der Waals surface area (Å²) in [5.41, 5.74) is 23.8. The number of rotatable bonds is 6. The molecule has 0 bridgehead atoms. The van der Waals surface area contributed by atoms with Crippen LogP contribution in [0.1, 0.15) is 72.2 Å². The van der Waals surface area contributed by atoms with Gasteiger partial charge in [-0.05, 0) is 120 Å². The summed E-state index contributed by atoms with van der Waals surface area (Å²) < 4.78 is 0. The lowest BCUT2D eigenvalue weighted by molar-refractivity contribution is 0.660. The molecule has 9 aromatic rings. The van der Waals surface area contributed by atoms with E-state index in [1.807, 2.05) is 0 Å². The van der Waals surface area contributed by atoms with Crippen LogP contribution in [0.3, 0.4) is 0 Å². The second kappa shape index (κ2) is 13.4. The molecular formula is C61H47N. The first-order valence-electron chi connectivity index (χ1n) is 22.0. The Bertz CT molecular complexity index is 3180. The molecule has 3 aliphatic carbocycles. The van der Waals surface area contributed by atoms with Crippen LogP contribution in [-0.2, 0) is 16.2 Å². The monoisotopic (exact) mass is 793 g/mol. The lowest BCUT2D eigenvalue weighted by Gasteiger charge is -2.34. The highest BCUT2D eigenvalue weighted by atomic mass is 15.1. The van der Waals surface area contributed by atoms with Gasteiger partial charge in [-0.2, -0.15) is 0 Å². The normalized spacial score (nSPS) is 15.2. The number of nitrogens with zero attached hydrogens (tertiary/aromatic N) is 1. The van der Waals surface area contributed by atoms with Crippen molar-refractivity contribution < 1.29 is 0 Å². The van der Waals surface area contributed by atoms with Crippen LogP contribution in [0.5, 0.6) is 0 Å². The van der Waals surface area contributed by atoms with Crippen molar-refractivity contribution in [2.75, 3.05) is 4.90 Å². The summed E-state index contributed by atoms with van der Waals surface area (Å²) in [6.07, 6.45) is 0. The molecule has 12 rings (SSSR count). The Labute approximate surface area is 365 Å². The standard InChI is InChI=1S/C61H47N/c1-59(2)52-26-15-12-23-47(52)50-38-41(32-37-53(50)59)40-30-33-44(34-31-40)62(45-35-36-48-46-22-11-14-25-51(46)60(3,4)56(48)39-45)57-29-17-28-55-58(57)49-24-13-16-27-54(49)61(55,42-18-7-5-8-19-42)43-20-9-6-10-21-43/h5-39H,1-4H3. The van der Waals surface area contributed by atoms with E-state index in [1.54, 1.807) is 0 Å². The summed E-state index contributed by atoms with van der Waals surface area (Å²) in [5.74, 6) is 0. The maximum atomic E-state index is 2.52. The lowest BCUT2D eigenvalue weighted by atomic mass is 9.68. The van der Waals surface area contributed by atoms with E-state index >= 15 is 0 Å². The molecule has 0 amide bonds. The Balaban J connectivity index is 1.07. The van der Waals surface area contributed by atoms with Gasteiger partial charge in [-0.3, -0.25) is 0 Å². The van der Waals surface area contributed by atoms with Gasteiger partial charge < -0.3 is 4.90 Å². The summed E-state index contributed by atoms with van der Waals surface area (Å²) >= 11 is 0. The average Bonchev–Trinajstić information content (AvgIpc) is 3.85. The Morgan fingerprint density at radius 3 is 1.45 bits per heavy atom. The molecule has 0 atom stereocenters. The summed E-state index contributed by atoms with van der Waals surface area (Å²) in [5, 5.41) is 0. The lowest BCUT2D eigenvalue weighted by Crippen LogP contribution is -2.28. The van der Waals surface area contributed by atoms with E-state index in [1.165, 1.54) is 94.7 Å². The third-order valence-electron chi connectivity index (χ3n) is 14.6. The summed E-state index contributed by atoms with van der Waals surface area (Å²) in [4.78, 5) is 2.52. The molecule has 0 spiro atoms. The highest BCUT2D eigenvalue weighted by Crippen LogP contribution is 2.60. The van der Waals surface area contributed by atoms with Gasteiger partial charge >= 0.3 is 0 Å². The number of hydrogen-bond acceptors (Lipinski definition) is 1. The molecule has 62 heavy (non-hydrogen) atoms. The number of anilines is 3. The van der Waals surface area contributed by atoms with Gasteiger partial charge in [-0.1, -0.05) is 204 Å². The molecule has 9 aromatic carbocycles. The van der Waals surface area contributed by atoms with Crippen LogP contribution in [0.15, 0.2) is 212 Å². The van der Waals surface area contributed by atoms with Gasteiger partial charge in [0.05, 0.1) is 11.1 Å². The van der Waals surface area contributed by atoms with E-state index in [-0.39, 0.29) is 10.8 Å². The van der Waals surface area contributed by atoms with Crippen LogP contribution in [0, 0.1) is 0 Å². The molecule has 0 unspecified atom stereocenters. The van der Waals surface area contributed by atoms with E-state index < -0.39 is 5.41 Å². The fraction of sp³-hybridized carbons (Fsp3) is 0.115. The molecular weight excluding hydrogens is 747 g/mol. The van der Waals surface area contributed by atoms with E-state index in [4.69, 9.17) is 0 Å². The molecule has 0 saturated carbocycles. The molecule has 0 radical (unpaired) electrons. The van der Waals surface area contributed by atoms with Crippen molar-refractivity contribution in [3.05, 3.63) is 257 Å². The van der Waals surface area contributed by atoms with Crippen molar-refractivity contribution in [1.82, 2.24) is 0 Å². The van der Waals surface area contributed by atoms with E-state index in [0.717, 1.165) is 11.4 Å². The van der Waals surface area contributed by atoms with Crippen molar-refractivity contribution in [2.45, 2.75) is 43.9 Å². The van der Waals surface area contributed by atoms with E-state index in [9.17, 15) is 0 Å². The average molecular weight is 794 g/mol. The zero-order valence-electron chi connectivity index (χ0n) is 35.7. The Hall–Kier alpha value is -7.22. The van der Waals surface area contributed by atoms with Gasteiger partial charge in [-0.25, -0.2) is 0 Å². The first kappa shape index (κ1) is 36.6. The van der Waals surface area contributed by atoms with Crippen LogP contribution >= 0.6 is 0 Å². The highest BCUT2D eigenvalue weighted by molar-refractivity contribution is 5.98. The molecule has 0 fully saturated rings. The SMILES string of the molecule is CC1(C)c2ccccc2-c2cc(-c3ccc(N(c4ccc5c(c4)C(C)(C)c4ccccc4-5)c4cccc5c4-c4ccccc4C5(c4ccccc4)c4ccccc4)cc3)ccc21. The smallest absolute Gasteiger partial charge is 0.0714 e. The minimum atomic E-state index is -0.498. The molecule has 1 nitrogen and oxygen atoms in total. The van der Waals surface area contributed by atoms with Crippen molar-refractivity contribution in [3.8, 4) is 44.5 Å². The van der Waals surface area contributed by atoms with Crippen molar-refractivity contribution >= 4 is 17.1 Å². The van der Waals surface area contributed by atoms with Crippen molar-refractivity contribution in [1.29, 1.82) is 0 Å². The van der Waals surface area contributed by atoms with E-state index in [2.05, 4.69) is 245 Å². The largest absolute Gasteiger partial charge is 0.310 e. The van der Waals surface area contributed by atoms with E-state index in [0.29, 0.717) is 0 Å². The maximum absolute atomic E-state index is 2.52. The minimum absolute atomic E-state index is 0.0201. The third-order valence-corrected chi connectivity index (χ3v) is 14.6. The van der Waals surface area contributed by atoms with Crippen LogP contribution in [0.2, 0.25) is 0 Å². The van der Waals surface area contributed by atoms with Gasteiger partial charge in [0.25, 0.3) is 0 Å². The molecule has 0 heterocycles. The second-order valence-corrected chi connectivity index (χ2v) is 18.4. The van der Waals surface area contributed by atoms with Crippen LogP contribution in [0.4, 0.5) is 17.1 Å². The second-order valence-electron chi connectivity index (χ2n) is 18.4. The molecule has 0 aromatic heterocycles. The zero-order chi connectivity index (χ0) is 41.8. The number of fused-ring (bicyclic) bond motifs is 9. The maximum Gasteiger partial charge on any atom is 0.0714 e. The van der Waals surface area contributed by atoms with Gasteiger partial charge in [0, 0.05) is 27.8 Å².